The number of para-hydroxylation sites is 1. The predicted octanol–water partition coefficient (Wildman–Crippen LogP) is 3.83. The Bertz CT molecular complexity index is 1540. The second-order valence-electron chi connectivity index (χ2n) is 8.28. The zero-order valence-corrected chi connectivity index (χ0v) is 21.5. The molecule has 10 heteroatoms. The van der Waals surface area contributed by atoms with Crippen LogP contribution < -0.4 is 19.9 Å². The number of methoxy groups -OCH3 is 1. The minimum Gasteiger partial charge on any atom is -0.493 e. The van der Waals surface area contributed by atoms with Crippen LogP contribution in [0.5, 0.6) is 17.2 Å². The van der Waals surface area contributed by atoms with Crippen LogP contribution in [0.15, 0.2) is 59.5 Å². The standard InChI is InChI=1S/C26H29N3O6S/c1-5-34-22-10-8-7-9-19(22)18-13-20-25(27-15-18)29(26(30)28-20)21(16-36(4,31)32)17-11-12-23(33-3)24(14-17)35-6-2/h7-15,21H,5-6,16H2,1-4H3,(H,28,30)/t21-/m0/s1. The fraction of sp³-hybridized carbons (Fsp3) is 0.308. The fourth-order valence-corrected chi connectivity index (χ4v) is 5.13. The fourth-order valence-electron chi connectivity index (χ4n) is 4.21. The van der Waals surface area contributed by atoms with Crippen molar-refractivity contribution in [1.29, 1.82) is 0 Å². The Morgan fingerprint density at radius 1 is 1.00 bits per heavy atom. The molecule has 9 nitrogen and oxygen atoms in total. The van der Waals surface area contributed by atoms with E-state index >= 15 is 0 Å². The molecule has 4 aromatic rings. The molecule has 0 bridgehead atoms. The van der Waals surface area contributed by atoms with Gasteiger partial charge < -0.3 is 19.2 Å². The summed E-state index contributed by atoms with van der Waals surface area (Å²) in [5.74, 6) is 1.39. The molecule has 0 aliphatic rings. The number of nitrogens with one attached hydrogen (secondary N) is 1. The quantitative estimate of drug-likeness (QED) is 0.344. The zero-order valence-electron chi connectivity index (χ0n) is 20.6. The predicted molar refractivity (Wildman–Crippen MR) is 139 cm³/mol. The van der Waals surface area contributed by atoms with Crippen LogP contribution in [-0.4, -0.2) is 55.3 Å². The smallest absolute Gasteiger partial charge is 0.328 e. The molecule has 0 unspecified atom stereocenters. The second-order valence-corrected chi connectivity index (χ2v) is 10.5. The summed E-state index contributed by atoms with van der Waals surface area (Å²) in [6.45, 7) is 4.67. The molecule has 0 aliphatic heterocycles. The van der Waals surface area contributed by atoms with Crippen LogP contribution in [0.2, 0.25) is 0 Å². The van der Waals surface area contributed by atoms with E-state index in [4.69, 9.17) is 14.2 Å². The summed E-state index contributed by atoms with van der Waals surface area (Å²) in [6.07, 6.45) is 2.80. The van der Waals surface area contributed by atoms with Crippen molar-refractivity contribution in [2.24, 2.45) is 0 Å². The van der Waals surface area contributed by atoms with Crippen molar-refractivity contribution in [2.75, 3.05) is 32.3 Å². The molecule has 190 valence electrons. The van der Waals surface area contributed by atoms with E-state index in [2.05, 4.69) is 9.97 Å². The minimum absolute atomic E-state index is 0.297. The van der Waals surface area contributed by atoms with Gasteiger partial charge in [-0.3, -0.25) is 4.57 Å². The summed E-state index contributed by atoms with van der Waals surface area (Å²) >= 11 is 0. The molecule has 1 N–H and O–H groups in total. The van der Waals surface area contributed by atoms with E-state index in [-0.39, 0.29) is 5.75 Å². The number of hydrogen-bond acceptors (Lipinski definition) is 7. The van der Waals surface area contributed by atoms with Gasteiger partial charge in [0.15, 0.2) is 17.1 Å². The lowest BCUT2D eigenvalue weighted by Gasteiger charge is -2.20. The molecule has 36 heavy (non-hydrogen) atoms. The van der Waals surface area contributed by atoms with Gasteiger partial charge in [0.05, 0.1) is 37.6 Å². The van der Waals surface area contributed by atoms with E-state index in [9.17, 15) is 13.2 Å². The maximum atomic E-state index is 13.2. The number of H-pyrrole nitrogens is 1. The lowest BCUT2D eigenvalue weighted by atomic mass is 10.1. The molecule has 4 rings (SSSR count). The Morgan fingerprint density at radius 3 is 2.42 bits per heavy atom. The van der Waals surface area contributed by atoms with Gasteiger partial charge in [0.25, 0.3) is 0 Å². The van der Waals surface area contributed by atoms with Gasteiger partial charge in [0.1, 0.15) is 15.6 Å². The number of imidazole rings is 1. The number of sulfone groups is 1. The van der Waals surface area contributed by atoms with Crippen LogP contribution in [0.3, 0.4) is 0 Å². The van der Waals surface area contributed by atoms with Crippen molar-refractivity contribution in [3.05, 3.63) is 70.8 Å². The van der Waals surface area contributed by atoms with Gasteiger partial charge in [-0.2, -0.15) is 0 Å². The van der Waals surface area contributed by atoms with Crippen LogP contribution in [0, 0.1) is 0 Å². The highest BCUT2D eigenvalue weighted by Crippen LogP contribution is 2.34. The lowest BCUT2D eigenvalue weighted by Crippen LogP contribution is -2.28. The summed E-state index contributed by atoms with van der Waals surface area (Å²) in [6, 6.07) is 13.7. The molecule has 1 atom stereocenters. The molecule has 0 spiro atoms. The van der Waals surface area contributed by atoms with Gasteiger partial charge in [-0.15, -0.1) is 0 Å². The van der Waals surface area contributed by atoms with Gasteiger partial charge in [-0.1, -0.05) is 24.3 Å². The van der Waals surface area contributed by atoms with Crippen molar-refractivity contribution in [3.63, 3.8) is 0 Å². The van der Waals surface area contributed by atoms with Crippen LogP contribution in [0.25, 0.3) is 22.3 Å². The molecule has 0 radical (unpaired) electrons. The van der Waals surface area contributed by atoms with Gasteiger partial charge in [-0.25, -0.2) is 18.2 Å². The SMILES string of the molecule is CCOc1cc([C@H](CS(C)(=O)=O)n2c(=O)[nH]c3cc(-c4ccccc4OCC)cnc32)ccc1OC. The first-order chi connectivity index (χ1) is 17.3. The number of rotatable bonds is 10. The Morgan fingerprint density at radius 2 is 1.72 bits per heavy atom. The van der Waals surface area contributed by atoms with E-state index in [1.54, 1.807) is 24.4 Å². The van der Waals surface area contributed by atoms with E-state index in [0.29, 0.717) is 47.2 Å². The topological polar surface area (TPSA) is 113 Å². The Balaban J connectivity index is 1.87. The van der Waals surface area contributed by atoms with Crippen LogP contribution in [0.4, 0.5) is 0 Å². The molecule has 0 aliphatic carbocycles. The van der Waals surface area contributed by atoms with Gasteiger partial charge >= 0.3 is 5.69 Å². The molecule has 2 aromatic heterocycles. The Hall–Kier alpha value is -3.79. The van der Waals surface area contributed by atoms with E-state index in [0.717, 1.165) is 17.4 Å². The molecular weight excluding hydrogens is 482 g/mol. The Labute approximate surface area is 209 Å². The van der Waals surface area contributed by atoms with Crippen molar-refractivity contribution < 1.29 is 22.6 Å². The number of ether oxygens (including phenoxy) is 3. The van der Waals surface area contributed by atoms with E-state index < -0.39 is 21.6 Å². The molecule has 2 heterocycles. The van der Waals surface area contributed by atoms with Crippen molar-refractivity contribution in [1.82, 2.24) is 14.5 Å². The van der Waals surface area contributed by atoms with E-state index in [1.165, 1.54) is 11.7 Å². The first-order valence-corrected chi connectivity index (χ1v) is 13.6. The second kappa shape index (κ2) is 10.4. The number of benzene rings is 2. The molecule has 0 saturated heterocycles. The largest absolute Gasteiger partial charge is 0.493 e. The lowest BCUT2D eigenvalue weighted by molar-refractivity contribution is 0.310. The third-order valence-electron chi connectivity index (χ3n) is 5.70. The number of aromatic nitrogens is 3. The average Bonchev–Trinajstić information content (AvgIpc) is 3.17. The normalized spacial score (nSPS) is 12.4. The molecule has 0 saturated carbocycles. The Kier molecular flexibility index (Phi) is 7.35. The number of hydrogen-bond donors (Lipinski definition) is 1. The minimum atomic E-state index is -3.48. The van der Waals surface area contributed by atoms with Crippen molar-refractivity contribution in [2.45, 2.75) is 19.9 Å². The summed E-state index contributed by atoms with van der Waals surface area (Å²) in [7, 11) is -1.95. The van der Waals surface area contributed by atoms with Crippen molar-refractivity contribution >= 4 is 21.0 Å². The highest BCUT2D eigenvalue weighted by atomic mass is 32.2. The third-order valence-corrected chi connectivity index (χ3v) is 6.62. The first kappa shape index (κ1) is 25.3. The molecule has 0 amide bonds. The summed E-state index contributed by atoms with van der Waals surface area (Å²) in [4.78, 5) is 20.6. The highest BCUT2D eigenvalue weighted by molar-refractivity contribution is 7.90. The molecular formula is C26H29N3O6S. The van der Waals surface area contributed by atoms with Crippen LogP contribution in [0.1, 0.15) is 25.5 Å². The number of pyridine rings is 1. The summed E-state index contributed by atoms with van der Waals surface area (Å²) in [5, 5.41) is 0. The first-order valence-electron chi connectivity index (χ1n) is 11.6. The maximum Gasteiger partial charge on any atom is 0.328 e. The van der Waals surface area contributed by atoms with Crippen molar-refractivity contribution in [3.8, 4) is 28.4 Å². The van der Waals surface area contributed by atoms with Gasteiger partial charge in [-0.05, 0) is 43.7 Å². The number of aromatic amines is 1. The van der Waals surface area contributed by atoms with Crippen LogP contribution in [-0.2, 0) is 9.84 Å². The maximum absolute atomic E-state index is 13.2. The number of fused-ring (bicyclic) bond motifs is 1. The molecule has 2 aromatic carbocycles. The van der Waals surface area contributed by atoms with Gasteiger partial charge in [0.2, 0.25) is 0 Å². The summed E-state index contributed by atoms with van der Waals surface area (Å²) < 4.78 is 43.0. The monoisotopic (exact) mass is 511 g/mol. The van der Waals surface area contributed by atoms with E-state index in [1.807, 2.05) is 44.2 Å². The third kappa shape index (κ3) is 5.23. The zero-order chi connectivity index (χ0) is 25.9. The highest BCUT2D eigenvalue weighted by Gasteiger charge is 2.26. The van der Waals surface area contributed by atoms with Gasteiger partial charge in [0, 0.05) is 23.6 Å². The average molecular weight is 512 g/mol. The summed E-state index contributed by atoms with van der Waals surface area (Å²) in [5.41, 5.74) is 2.56. The van der Waals surface area contributed by atoms with Crippen LogP contribution >= 0.6 is 0 Å². The molecule has 0 fully saturated rings. The number of nitrogens with zero attached hydrogens (tertiary/aromatic N) is 2.